The third-order valence-electron chi connectivity index (χ3n) is 11.5. The van der Waals surface area contributed by atoms with Crippen molar-refractivity contribution in [1.82, 2.24) is 29.1 Å². The Hall–Kier alpha value is -5.68. The number of benzene rings is 2. The maximum atomic E-state index is 13.7. The van der Waals surface area contributed by atoms with E-state index in [1.165, 1.54) is 4.31 Å². The van der Waals surface area contributed by atoms with Crippen molar-refractivity contribution < 1.29 is 32.3 Å². The molecule has 1 unspecified atom stereocenters. The first-order valence-corrected chi connectivity index (χ1v) is 20.5. The van der Waals surface area contributed by atoms with Crippen LogP contribution in [0, 0.1) is 0 Å². The van der Waals surface area contributed by atoms with Gasteiger partial charge in [0.05, 0.1) is 29.1 Å². The molecule has 1 aliphatic carbocycles. The number of nitrogens with one attached hydrogen (secondary N) is 2. The summed E-state index contributed by atoms with van der Waals surface area (Å²) in [6.45, 7) is 1.55. The average Bonchev–Trinajstić information content (AvgIpc) is 3.79. The minimum Gasteiger partial charge on any atom is -0.487 e. The predicted molar refractivity (Wildman–Crippen MR) is 203 cm³/mol. The molecule has 17 heteroatoms. The fourth-order valence-corrected chi connectivity index (χ4v) is 9.98. The average molecular weight is 781 g/mol. The zero-order chi connectivity index (χ0) is 38.7. The van der Waals surface area contributed by atoms with E-state index in [2.05, 4.69) is 15.6 Å². The molecule has 0 radical (unpaired) electrons. The van der Waals surface area contributed by atoms with Crippen LogP contribution in [0.1, 0.15) is 78.1 Å². The van der Waals surface area contributed by atoms with Crippen molar-refractivity contribution in [3.63, 3.8) is 0 Å². The highest BCUT2D eigenvalue weighted by Gasteiger charge is 2.45. The highest BCUT2D eigenvalue weighted by Crippen LogP contribution is 2.34. The summed E-state index contributed by atoms with van der Waals surface area (Å²) in [6.07, 6.45) is 6.80. The molecule has 4 amide bonds. The van der Waals surface area contributed by atoms with Crippen molar-refractivity contribution in [3.05, 3.63) is 82.3 Å². The van der Waals surface area contributed by atoms with Gasteiger partial charge in [0.25, 0.3) is 17.4 Å². The van der Waals surface area contributed by atoms with Crippen LogP contribution in [0.2, 0.25) is 0 Å². The first-order valence-electron chi connectivity index (χ1n) is 19.1. The summed E-state index contributed by atoms with van der Waals surface area (Å²) in [5.74, 6) is -1.37. The fraction of sp³-hybridized carbons (Fsp3) is 0.410. The zero-order valence-corrected chi connectivity index (χ0v) is 31.2. The summed E-state index contributed by atoms with van der Waals surface area (Å²) in [6, 6.07) is 13.8. The van der Waals surface area contributed by atoms with Gasteiger partial charge in [0.2, 0.25) is 27.8 Å². The summed E-state index contributed by atoms with van der Waals surface area (Å²) in [5.41, 5.74) is 1.68. The number of ether oxygens (including phenoxy) is 1. The summed E-state index contributed by atoms with van der Waals surface area (Å²) >= 11 is 0. The van der Waals surface area contributed by atoms with Crippen LogP contribution in [-0.4, -0.2) is 100 Å². The highest BCUT2D eigenvalue weighted by molar-refractivity contribution is 7.89. The fourth-order valence-electron chi connectivity index (χ4n) is 8.48. The molecule has 4 aliphatic heterocycles. The number of pyridine rings is 1. The smallest absolute Gasteiger partial charge is 0.262 e. The quantitative estimate of drug-likeness (QED) is 0.237. The molecule has 1 saturated carbocycles. The zero-order valence-electron chi connectivity index (χ0n) is 30.4. The summed E-state index contributed by atoms with van der Waals surface area (Å²) in [5, 5.41) is 6.38. The van der Waals surface area contributed by atoms with Gasteiger partial charge in [-0.25, -0.2) is 13.4 Å². The molecule has 9 rings (SSSR count). The van der Waals surface area contributed by atoms with E-state index < -0.39 is 39.7 Å². The number of imide groups is 2. The number of nitrogens with zero attached hydrogens (tertiary/aromatic N) is 6. The molecule has 0 bridgehead atoms. The van der Waals surface area contributed by atoms with Crippen LogP contribution in [0.4, 0.5) is 11.6 Å². The number of anilines is 2. The number of aromatic nitrogens is 3. The van der Waals surface area contributed by atoms with Gasteiger partial charge in [-0.15, -0.1) is 0 Å². The molecule has 2 aromatic carbocycles. The van der Waals surface area contributed by atoms with Crippen molar-refractivity contribution in [3.8, 4) is 5.75 Å². The van der Waals surface area contributed by atoms with Crippen LogP contribution in [0.5, 0.6) is 5.75 Å². The van der Waals surface area contributed by atoms with Gasteiger partial charge in [0.1, 0.15) is 23.5 Å². The monoisotopic (exact) mass is 780 g/mol. The molecule has 6 heterocycles. The van der Waals surface area contributed by atoms with Crippen molar-refractivity contribution in [2.75, 3.05) is 36.4 Å². The van der Waals surface area contributed by atoms with Gasteiger partial charge in [-0.1, -0.05) is 18.9 Å². The minimum absolute atomic E-state index is 0.0425. The molecule has 4 fully saturated rings. The molecule has 2 N–H and O–H groups in total. The molecule has 0 spiro atoms. The summed E-state index contributed by atoms with van der Waals surface area (Å²) < 4.78 is 36.9. The Labute approximate surface area is 321 Å². The third-order valence-corrected chi connectivity index (χ3v) is 13.4. The van der Waals surface area contributed by atoms with Crippen LogP contribution in [-0.2, 0) is 19.6 Å². The van der Waals surface area contributed by atoms with Gasteiger partial charge in [-0.2, -0.15) is 9.29 Å². The maximum absolute atomic E-state index is 13.7. The van der Waals surface area contributed by atoms with Crippen molar-refractivity contribution >= 4 is 56.3 Å². The van der Waals surface area contributed by atoms with Crippen molar-refractivity contribution in [2.45, 2.75) is 80.5 Å². The number of sulfonamides is 1. The number of amides is 4. The molecule has 3 saturated heterocycles. The van der Waals surface area contributed by atoms with E-state index in [9.17, 15) is 32.4 Å². The second kappa shape index (κ2) is 14.1. The molecule has 290 valence electrons. The predicted octanol–water partition coefficient (Wildman–Crippen LogP) is 2.84. The van der Waals surface area contributed by atoms with E-state index in [1.807, 2.05) is 4.90 Å². The number of hydrogen-bond acceptors (Lipinski definition) is 12. The Morgan fingerprint density at radius 2 is 1.61 bits per heavy atom. The summed E-state index contributed by atoms with van der Waals surface area (Å²) in [4.78, 5) is 75.4. The second-order valence-electron chi connectivity index (χ2n) is 15.1. The number of fused-ring (bicyclic) bond motifs is 2. The second-order valence-corrected chi connectivity index (χ2v) is 17.0. The first kappa shape index (κ1) is 36.0. The molecular formula is C39H40N8O8S. The lowest BCUT2D eigenvalue weighted by Crippen LogP contribution is -2.54. The van der Waals surface area contributed by atoms with Gasteiger partial charge in [0, 0.05) is 61.0 Å². The normalized spacial score (nSPS) is 21.4. The van der Waals surface area contributed by atoms with E-state index in [4.69, 9.17) is 9.72 Å². The number of hydrogen-bond donors (Lipinski definition) is 2. The Balaban J connectivity index is 0.800. The largest absolute Gasteiger partial charge is 0.487 e. The Kier molecular flexibility index (Phi) is 9.07. The van der Waals surface area contributed by atoms with Crippen molar-refractivity contribution in [2.24, 2.45) is 0 Å². The number of rotatable bonds is 9. The van der Waals surface area contributed by atoms with Gasteiger partial charge in [-0.05, 0) is 68.5 Å². The first-order chi connectivity index (χ1) is 27.0. The Morgan fingerprint density at radius 1 is 0.839 bits per heavy atom. The van der Waals surface area contributed by atoms with E-state index in [0.29, 0.717) is 62.1 Å². The third kappa shape index (κ3) is 6.47. The summed E-state index contributed by atoms with van der Waals surface area (Å²) in [7, 11) is -3.80. The van der Waals surface area contributed by atoms with Gasteiger partial charge >= 0.3 is 0 Å². The van der Waals surface area contributed by atoms with E-state index in [0.717, 1.165) is 36.0 Å². The van der Waals surface area contributed by atoms with Crippen LogP contribution in [0.25, 0.3) is 11.0 Å². The molecule has 5 aliphatic rings. The molecule has 16 nitrogen and oxygen atoms in total. The molecule has 4 aromatic rings. The van der Waals surface area contributed by atoms with Gasteiger partial charge in [0.15, 0.2) is 0 Å². The number of piperidine rings is 2. The molecular weight excluding hydrogens is 741 g/mol. The molecule has 56 heavy (non-hydrogen) atoms. The van der Waals surface area contributed by atoms with E-state index in [1.54, 1.807) is 65.4 Å². The lowest BCUT2D eigenvalue weighted by atomic mass is 10.0. The number of carbonyl (C=O) groups is 4. The topological polar surface area (TPSA) is 193 Å². The molecule has 1 atom stereocenters. The minimum atomic E-state index is -3.80. The van der Waals surface area contributed by atoms with Crippen LogP contribution in [0.3, 0.4) is 0 Å². The van der Waals surface area contributed by atoms with E-state index in [-0.39, 0.29) is 52.6 Å². The van der Waals surface area contributed by atoms with Crippen LogP contribution < -0.4 is 25.8 Å². The standard InChI is InChI=1S/C39H40N8O8S/c48-33-12-11-32(36(50)42-33)47-37(51)30-10-9-26(18-31(30)38(47)52)44-21-28(22-44)55-27-6-3-7-29(19-27)56(53,54)45-16-14-24(15-17-45)41-39-40-20-23-8-13-34(49)46(35(23)43-39)25-4-1-2-5-25/h3,6-10,13,18-20,24-25,28,32H,1-2,4-5,11-12,14-17,21-22H2,(H,40,41,43)(H,42,48,50). The Morgan fingerprint density at radius 3 is 2.38 bits per heavy atom. The van der Waals surface area contributed by atoms with Crippen LogP contribution >= 0.6 is 0 Å². The maximum Gasteiger partial charge on any atom is 0.262 e. The number of carbonyl (C=O) groups excluding carboxylic acids is 4. The van der Waals surface area contributed by atoms with Gasteiger partial charge < -0.3 is 15.0 Å². The van der Waals surface area contributed by atoms with Crippen molar-refractivity contribution in [1.29, 1.82) is 0 Å². The highest BCUT2D eigenvalue weighted by atomic mass is 32.2. The lowest BCUT2D eigenvalue weighted by molar-refractivity contribution is -0.136. The Bertz CT molecular complexity index is 2450. The lowest BCUT2D eigenvalue weighted by Gasteiger charge is -2.40. The molecule has 2 aromatic heterocycles. The van der Waals surface area contributed by atoms with Gasteiger partial charge in [-0.3, -0.25) is 38.8 Å². The SMILES string of the molecule is O=C1CCC(N2C(=O)c3ccc(N4CC(Oc5cccc(S(=O)(=O)N6CCC(Nc7ncc8ccc(=O)n(C9CCCC9)c8n7)CC6)c5)C4)cc3C2=O)C(=O)N1. The van der Waals surface area contributed by atoms with E-state index >= 15 is 0 Å². The van der Waals surface area contributed by atoms with Crippen LogP contribution in [0.15, 0.2) is 70.5 Å².